The van der Waals surface area contributed by atoms with Crippen molar-refractivity contribution in [3.63, 3.8) is 0 Å². The molecule has 5 aliphatic carbocycles. The Labute approximate surface area is 186 Å². The summed E-state index contributed by atoms with van der Waals surface area (Å²) in [6.07, 6.45) is 16.1. The summed E-state index contributed by atoms with van der Waals surface area (Å²) in [6, 6.07) is 0. The smallest absolute Gasteiger partial charge is 0.133 e. The number of rotatable bonds is 5. The zero-order chi connectivity index (χ0) is 21.5. The van der Waals surface area contributed by atoms with Crippen LogP contribution in [-0.2, 0) is 4.79 Å². The third kappa shape index (κ3) is 2.62. The molecule has 30 heavy (non-hydrogen) atoms. The summed E-state index contributed by atoms with van der Waals surface area (Å²) in [5.41, 5.74) is 2.31. The number of hydrogen-bond acceptors (Lipinski definition) is 1. The van der Waals surface area contributed by atoms with Crippen molar-refractivity contribution >= 4 is 5.78 Å². The van der Waals surface area contributed by atoms with E-state index in [1.165, 1.54) is 64.2 Å². The molecule has 0 unspecified atom stereocenters. The molecular weight excluding hydrogens is 364 g/mol. The van der Waals surface area contributed by atoms with Crippen LogP contribution >= 0.6 is 0 Å². The summed E-state index contributed by atoms with van der Waals surface area (Å²) in [5.74, 6) is 5.75. The van der Waals surface area contributed by atoms with E-state index in [1.54, 1.807) is 0 Å². The summed E-state index contributed by atoms with van der Waals surface area (Å²) in [4.78, 5) is 12.2. The highest BCUT2D eigenvalue weighted by atomic mass is 16.1. The normalized spacial score (nSPS) is 51.6. The Kier molecular flexibility index (Phi) is 4.90. The van der Waals surface area contributed by atoms with E-state index in [9.17, 15) is 4.79 Å². The first-order valence-corrected chi connectivity index (χ1v) is 13.6. The first-order valence-electron chi connectivity index (χ1n) is 13.6. The van der Waals surface area contributed by atoms with E-state index in [4.69, 9.17) is 0 Å². The fourth-order valence-corrected chi connectivity index (χ4v) is 10.5. The number of ketones is 1. The molecule has 5 saturated carbocycles. The van der Waals surface area contributed by atoms with Gasteiger partial charge in [0.05, 0.1) is 0 Å². The molecule has 170 valence electrons. The largest absolute Gasteiger partial charge is 0.300 e. The van der Waals surface area contributed by atoms with Gasteiger partial charge in [0.15, 0.2) is 0 Å². The van der Waals surface area contributed by atoms with Crippen molar-refractivity contribution in [1.29, 1.82) is 0 Å². The van der Waals surface area contributed by atoms with E-state index in [0.29, 0.717) is 27.4 Å². The van der Waals surface area contributed by atoms with Crippen molar-refractivity contribution in [2.75, 3.05) is 0 Å². The summed E-state index contributed by atoms with van der Waals surface area (Å²) >= 11 is 0. The van der Waals surface area contributed by atoms with Gasteiger partial charge in [-0.3, -0.25) is 4.79 Å². The molecule has 1 heteroatoms. The predicted octanol–water partition coefficient (Wildman–Crippen LogP) is 8.07. The Balaban J connectivity index is 1.36. The number of fused-ring (bicyclic) bond motifs is 2. The molecule has 9 atom stereocenters. The zero-order valence-electron chi connectivity index (χ0n) is 20.9. The topological polar surface area (TPSA) is 17.1 Å². The monoisotopic (exact) mass is 412 g/mol. The number of hydrogen-bond donors (Lipinski definition) is 0. The van der Waals surface area contributed by atoms with Gasteiger partial charge in [0.1, 0.15) is 5.78 Å². The Morgan fingerprint density at radius 2 is 1.63 bits per heavy atom. The SMILES string of the molecule is CC(C)[C@H](C)CC[C@@H](C)[C@H]1CC[C@@]2(C)[C@@H]3CC[C@H]4CC(=O)CC[C@@]45C[C@@]35CC[C@]12C. The van der Waals surface area contributed by atoms with Gasteiger partial charge in [-0.05, 0) is 109 Å². The van der Waals surface area contributed by atoms with E-state index >= 15 is 0 Å². The van der Waals surface area contributed by atoms with Crippen molar-refractivity contribution in [1.82, 2.24) is 0 Å². The average molecular weight is 413 g/mol. The maximum atomic E-state index is 12.2. The van der Waals surface area contributed by atoms with E-state index in [1.807, 2.05) is 0 Å². The molecular formula is C29H48O. The van der Waals surface area contributed by atoms with E-state index in [0.717, 1.165) is 48.3 Å². The molecule has 0 aromatic heterocycles. The van der Waals surface area contributed by atoms with Crippen molar-refractivity contribution in [3.05, 3.63) is 0 Å². The zero-order valence-corrected chi connectivity index (χ0v) is 20.9. The Morgan fingerprint density at radius 3 is 2.37 bits per heavy atom. The quantitative estimate of drug-likeness (QED) is 0.446. The molecule has 5 fully saturated rings. The summed E-state index contributed by atoms with van der Waals surface area (Å²) in [6.45, 7) is 15.3. The molecule has 0 N–H and O–H groups in total. The van der Waals surface area contributed by atoms with Crippen LogP contribution in [0, 0.1) is 57.2 Å². The lowest BCUT2D eigenvalue weighted by atomic mass is 9.43. The molecule has 5 rings (SSSR count). The first-order chi connectivity index (χ1) is 14.1. The minimum absolute atomic E-state index is 0.545. The lowest BCUT2D eigenvalue weighted by Crippen LogP contribution is -2.54. The second kappa shape index (κ2) is 6.84. The standard InChI is InChI=1S/C29H48O/c1-19(2)20(3)7-8-21(4)24-12-13-27(6)25-10-9-22-17-23(30)11-14-28(22)18-29(25,28)16-15-26(24,27)5/h19-22,24-25H,7-18H2,1-6H3/t20-,21-,22+,24-,25+,26-,27+,28-,29+/m1/s1. The Morgan fingerprint density at radius 1 is 0.867 bits per heavy atom. The summed E-state index contributed by atoms with van der Waals surface area (Å²) < 4.78 is 0. The van der Waals surface area contributed by atoms with Gasteiger partial charge in [0.2, 0.25) is 0 Å². The molecule has 1 nitrogen and oxygen atoms in total. The van der Waals surface area contributed by atoms with Crippen molar-refractivity contribution < 1.29 is 4.79 Å². The van der Waals surface area contributed by atoms with Crippen LogP contribution in [-0.4, -0.2) is 5.78 Å². The fraction of sp³-hybridized carbons (Fsp3) is 0.966. The third-order valence-electron chi connectivity index (χ3n) is 12.9. The van der Waals surface area contributed by atoms with Crippen LogP contribution < -0.4 is 0 Å². The lowest BCUT2D eigenvalue weighted by Gasteiger charge is -2.61. The van der Waals surface area contributed by atoms with Gasteiger partial charge in [0, 0.05) is 12.8 Å². The highest BCUT2D eigenvalue weighted by molar-refractivity contribution is 5.80. The van der Waals surface area contributed by atoms with Gasteiger partial charge in [-0.25, -0.2) is 0 Å². The molecule has 0 saturated heterocycles. The molecule has 0 bridgehead atoms. The van der Waals surface area contributed by atoms with E-state index in [-0.39, 0.29) is 0 Å². The van der Waals surface area contributed by atoms with Gasteiger partial charge in [-0.15, -0.1) is 0 Å². The van der Waals surface area contributed by atoms with Crippen LogP contribution in [0.2, 0.25) is 0 Å². The average Bonchev–Trinajstić information content (AvgIpc) is 3.28. The lowest BCUT2D eigenvalue weighted by molar-refractivity contribution is -0.139. The molecule has 0 aromatic carbocycles. The Bertz CT molecular complexity index is 709. The Hall–Kier alpha value is -0.330. The van der Waals surface area contributed by atoms with E-state index < -0.39 is 0 Å². The fourth-order valence-electron chi connectivity index (χ4n) is 10.5. The van der Waals surface area contributed by atoms with Crippen molar-refractivity contribution in [3.8, 4) is 0 Å². The predicted molar refractivity (Wildman–Crippen MR) is 125 cm³/mol. The van der Waals surface area contributed by atoms with Crippen LogP contribution in [0.5, 0.6) is 0 Å². The van der Waals surface area contributed by atoms with Crippen molar-refractivity contribution in [2.45, 2.75) is 119 Å². The van der Waals surface area contributed by atoms with Gasteiger partial charge in [0.25, 0.3) is 0 Å². The molecule has 0 radical (unpaired) electrons. The number of carbonyl (C=O) groups is 1. The number of carbonyl (C=O) groups excluding carboxylic acids is 1. The summed E-state index contributed by atoms with van der Waals surface area (Å²) in [5, 5.41) is 0. The van der Waals surface area contributed by atoms with Gasteiger partial charge < -0.3 is 0 Å². The first kappa shape index (κ1) is 21.5. The number of Topliss-reactive ketones (excluding diaryl/α,β-unsaturated/α-hetero) is 1. The molecule has 2 spiro atoms. The highest BCUT2D eigenvalue weighted by Gasteiger charge is 2.80. The maximum absolute atomic E-state index is 12.2. The van der Waals surface area contributed by atoms with Crippen LogP contribution in [0.25, 0.3) is 0 Å². The van der Waals surface area contributed by atoms with Crippen LogP contribution in [0.4, 0.5) is 0 Å². The van der Waals surface area contributed by atoms with Crippen molar-refractivity contribution in [2.24, 2.45) is 57.2 Å². The molecule has 5 aliphatic rings. The van der Waals surface area contributed by atoms with Gasteiger partial charge in [-0.1, -0.05) is 54.4 Å². The summed E-state index contributed by atoms with van der Waals surface area (Å²) in [7, 11) is 0. The molecule has 0 amide bonds. The molecule has 0 aliphatic heterocycles. The van der Waals surface area contributed by atoms with Crippen LogP contribution in [0.3, 0.4) is 0 Å². The minimum atomic E-state index is 0.545. The molecule has 0 aromatic rings. The minimum Gasteiger partial charge on any atom is -0.300 e. The van der Waals surface area contributed by atoms with Gasteiger partial charge >= 0.3 is 0 Å². The molecule has 0 heterocycles. The second-order valence-electron chi connectivity index (χ2n) is 13.8. The van der Waals surface area contributed by atoms with E-state index in [2.05, 4.69) is 41.5 Å². The highest BCUT2D eigenvalue weighted by Crippen LogP contribution is 2.87. The maximum Gasteiger partial charge on any atom is 0.133 e. The van der Waals surface area contributed by atoms with Crippen LogP contribution in [0.15, 0.2) is 0 Å². The third-order valence-corrected chi connectivity index (χ3v) is 12.9. The second-order valence-corrected chi connectivity index (χ2v) is 13.8. The van der Waals surface area contributed by atoms with Gasteiger partial charge in [-0.2, -0.15) is 0 Å². The van der Waals surface area contributed by atoms with Crippen LogP contribution in [0.1, 0.15) is 119 Å².